The summed E-state index contributed by atoms with van der Waals surface area (Å²) in [6.07, 6.45) is 0. The number of hydrogen-bond donors (Lipinski definition) is 0. The van der Waals surface area contributed by atoms with Crippen LogP contribution in [0.25, 0.3) is 115 Å². The summed E-state index contributed by atoms with van der Waals surface area (Å²) < 4.78 is 11.4. The van der Waals surface area contributed by atoms with Crippen LogP contribution in [0.2, 0.25) is 0 Å². The average molecular weight is 747 g/mol. The minimum absolute atomic E-state index is 0.650. The Hall–Kier alpha value is -7.41. The largest absolute Gasteiger partial charge is 0.456 e. The van der Waals surface area contributed by atoms with Gasteiger partial charge in [-0.25, -0.2) is 15.0 Å². The van der Waals surface area contributed by atoms with E-state index in [0.29, 0.717) is 17.5 Å². The number of hydrogen-bond acceptors (Lipinski definition) is 5. The number of benzene rings is 8. The second-order valence-corrected chi connectivity index (χ2v) is 15.5. The summed E-state index contributed by atoms with van der Waals surface area (Å²) in [5.41, 5.74) is 10.3. The fourth-order valence-electron chi connectivity index (χ4n) is 8.32. The maximum absolute atomic E-state index is 6.64. The quantitative estimate of drug-likeness (QED) is 0.176. The summed E-state index contributed by atoms with van der Waals surface area (Å²) in [6, 6.07) is 63.9. The highest BCUT2D eigenvalue weighted by Gasteiger charge is 2.17. The number of fused-ring (bicyclic) bond motifs is 9. The molecule has 0 saturated heterocycles. The Bertz CT molecular complexity index is 3420. The first-order valence-corrected chi connectivity index (χ1v) is 19.8. The molecule has 0 bridgehead atoms. The van der Waals surface area contributed by atoms with E-state index in [1.165, 1.54) is 42.0 Å². The smallest absolute Gasteiger partial charge is 0.164 e. The van der Waals surface area contributed by atoms with Gasteiger partial charge in [0, 0.05) is 70.2 Å². The maximum Gasteiger partial charge on any atom is 0.164 e. The van der Waals surface area contributed by atoms with Crippen LogP contribution in [0, 0.1) is 0 Å². The summed E-state index contributed by atoms with van der Waals surface area (Å²) in [7, 11) is 0. The van der Waals surface area contributed by atoms with Gasteiger partial charge in [0.2, 0.25) is 0 Å². The Labute approximate surface area is 330 Å². The van der Waals surface area contributed by atoms with Crippen molar-refractivity contribution in [1.82, 2.24) is 19.5 Å². The summed E-state index contributed by atoms with van der Waals surface area (Å²) in [5.74, 6) is 1.96. The van der Waals surface area contributed by atoms with E-state index in [2.05, 4.69) is 126 Å². The molecule has 12 rings (SSSR count). The lowest BCUT2D eigenvalue weighted by molar-refractivity contribution is 0.669. The van der Waals surface area contributed by atoms with Crippen LogP contribution in [-0.4, -0.2) is 19.5 Å². The molecular formula is C51H30N4OS. The maximum atomic E-state index is 6.64. The molecule has 4 heterocycles. The molecule has 0 aliphatic heterocycles. The molecule has 0 atom stereocenters. The summed E-state index contributed by atoms with van der Waals surface area (Å²) >= 11 is 1.80. The van der Waals surface area contributed by atoms with Crippen molar-refractivity contribution in [2.75, 3.05) is 0 Å². The molecular weight excluding hydrogens is 717 g/mol. The van der Waals surface area contributed by atoms with Crippen LogP contribution in [0.15, 0.2) is 186 Å². The van der Waals surface area contributed by atoms with Crippen molar-refractivity contribution in [1.29, 1.82) is 0 Å². The van der Waals surface area contributed by atoms with Crippen molar-refractivity contribution in [3.8, 4) is 51.0 Å². The Kier molecular flexibility index (Phi) is 7.03. The molecule has 0 spiro atoms. The zero-order valence-electron chi connectivity index (χ0n) is 30.4. The van der Waals surface area contributed by atoms with E-state index in [9.17, 15) is 0 Å². The molecule has 12 aromatic rings. The van der Waals surface area contributed by atoms with Gasteiger partial charge in [0.05, 0.1) is 11.0 Å². The van der Waals surface area contributed by atoms with Crippen molar-refractivity contribution in [2.24, 2.45) is 0 Å². The third-order valence-corrected chi connectivity index (χ3v) is 12.2. The molecule has 57 heavy (non-hydrogen) atoms. The van der Waals surface area contributed by atoms with Gasteiger partial charge >= 0.3 is 0 Å². The van der Waals surface area contributed by atoms with Gasteiger partial charge in [-0.1, -0.05) is 109 Å². The third kappa shape index (κ3) is 5.19. The van der Waals surface area contributed by atoms with Crippen molar-refractivity contribution < 1.29 is 4.42 Å². The van der Waals surface area contributed by atoms with E-state index in [1.54, 1.807) is 11.3 Å². The second kappa shape index (κ2) is 12.6. The minimum atomic E-state index is 0.650. The first-order valence-electron chi connectivity index (χ1n) is 19.0. The predicted octanol–water partition coefficient (Wildman–Crippen LogP) is 13.9. The Morgan fingerprint density at radius 1 is 0.351 bits per heavy atom. The molecule has 4 aromatic heterocycles. The van der Waals surface area contributed by atoms with E-state index in [4.69, 9.17) is 19.4 Å². The Morgan fingerprint density at radius 2 is 0.825 bits per heavy atom. The molecule has 266 valence electrons. The lowest BCUT2D eigenvalue weighted by atomic mass is 10.0. The monoisotopic (exact) mass is 746 g/mol. The SMILES string of the molecule is c1ccc(-c2nc(-c3ccccc3)nc(-c3ccc4sc5ccc(-c6ccc7c(c6)oc6cc(-n8c9ccccc9c9ccccc98)ccc67)cc5c4c3)n2)cc1. The molecule has 0 N–H and O–H groups in total. The summed E-state index contributed by atoms with van der Waals surface area (Å²) in [6.45, 7) is 0. The molecule has 0 saturated carbocycles. The zero-order valence-corrected chi connectivity index (χ0v) is 31.2. The third-order valence-electron chi connectivity index (χ3n) is 11.1. The van der Waals surface area contributed by atoms with Crippen molar-refractivity contribution >= 4 is 75.3 Å². The topological polar surface area (TPSA) is 56.7 Å². The lowest BCUT2D eigenvalue weighted by Gasteiger charge is -2.08. The molecule has 0 unspecified atom stereocenters. The van der Waals surface area contributed by atoms with Crippen LogP contribution in [0.4, 0.5) is 0 Å². The molecule has 0 radical (unpaired) electrons. The van der Waals surface area contributed by atoms with Crippen LogP contribution in [0.3, 0.4) is 0 Å². The highest BCUT2D eigenvalue weighted by atomic mass is 32.1. The number of thiophene rings is 1. The Morgan fingerprint density at radius 3 is 1.46 bits per heavy atom. The predicted molar refractivity (Wildman–Crippen MR) is 236 cm³/mol. The van der Waals surface area contributed by atoms with Crippen LogP contribution in [-0.2, 0) is 0 Å². The zero-order chi connectivity index (χ0) is 37.5. The molecule has 0 amide bonds. The van der Waals surface area contributed by atoms with Crippen LogP contribution >= 0.6 is 11.3 Å². The van der Waals surface area contributed by atoms with Crippen molar-refractivity contribution in [2.45, 2.75) is 0 Å². The minimum Gasteiger partial charge on any atom is -0.456 e. The van der Waals surface area contributed by atoms with E-state index in [0.717, 1.165) is 55.4 Å². The van der Waals surface area contributed by atoms with Crippen LogP contribution < -0.4 is 0 Å². The lowest BCUT2D eigenvalue weighted by Crippen LogP contribution is -2.00. The van der Waals surface area contributed by atoms with Gasteiger partial charge in [0.25, 0.3) is 0 Å². The first kappa shape index (κ1) is 31.9. The van der Waals surface area contributed by atoms with Gasteiger partial charge in [0.1, 0.15) is 11.2 Å². The highest BCUT2D eigenvalue weighted by molar-refractivity contribution is 7.25. The number of para-hydroxylation sites is 2. The number of rotatable bonds is 5. The number of aromatic nitrogens is 4. The first-order chi connectivity index (χ1) is 28.2. The molecule has 5 nitrogen and oxygen atoms in total. The number of nitrogens with zero attached hydrogens (tertiary/aromatic N) is 4. The summed E-state index contributed by atoms with van der Waals surface area (Å²) in [4.78, 5) is 14.9. The average Bonchev–Trinajstić information content (AvgIpc) is 3.95. The van der Waals surface area contributed by atoms with Crippen LogP contribution in [0.1, 0.15) is 0 Å². The van der Waals surface area contributed by atoms with Gasteiger partial charge in [-0.3, -0.25) is 0 Å². The fraction of sp³-hybridized carbons (Fsp3) is 0. The van der Waals surface area contributed by atoms with Crippen LogP contribution in [0.5, 0.6) is 0 Å². The molecule has 6 heteroatoms. The van der Waals surface area contributed by atoms with Gasteiger partial charge in [0.15, 0.2) is 17.5 Å². The molecule has 8 aromatic carbocycles. The second-order valence-electron chi connectivity index (χ2n) is 14.4. The molecule has 0 aliphatic rings. The van der Waals surface area contributed by atoms with Gasteiger partial charge < -0.3 is 8.98 Å². The van der Waals surface area contributed by atoms with Crippen molar-refractivity contribution in [3.05, 3.63) is 182 Å². The molecule has 0 fully saturated rings. The Balaban J connectivity index is 0.948. The van der Waals surface area contributed by atoms with Gasteiger partial charge in [-0.05, 0) is 77.9 Å². The highest BCUT2D eigenvalue weighted by Crippen LogP contribution is 2.40. The van der Waals surface area contributed by atoms with E-state index in [-0.39, 0.29) is 0 Å². The van der Waals surface area contributed by atoms with E-state index < -0.39 is 0 Å². The van der Waals surface area contributed by atoms with E-state index >= 15 is 0 Å². The van der Waals surface area contributed by atoms with Crippen molar-refractivity contribution in [3.63, 3.8) is 0 Å². The van der Waals surface area contributed by atoms with Gasteiger partial charge in [-0.15, -0.1) is 11.3 Å². The van der Waals surface area contributed by atoms with E-state index in [1.807, 2.05) is 60.7 Å². The van der Waals surface area contributed by atoms with Gasteiger partial charge in [-0.2, -0.15) is 0 Å². The standard InChI is InChI=1S/C51H30N4OS/c1-3-11-31(12-4-1)49-52-50(32-13-5-2-6-14-32)54-51(53-49)35-21-26-48-42(28-35)41-27-33(20-25-47(41)57-48)34-19-23-39-40-24-22-36(30-46(40)56-45(39)29-34)55-43-17-9-7-15-37(43)38-16-8-10-18-44(38)55/h1-30H. The number of furan rings is 1. The summed E-state index contributed by atoms with van der Waals surface area (Å²) in [5, 5.41) is 7.09. The molecule has 0 aliphatic carbocycles. The normalized spacial score (nSPS) is 11.9. The fourth-order valence-corrected chi connectivity index (χ4v) is 9.39.